The van der Waals surface area contributed by atoms with Crippen LogP contribution in [0.3, 0.4) is 0 Å². The molecule has 0 N–H and O–H groups in total. The molecule has 4 atom stereocenters. The number of hydrogen-bond acceptors (Lipinski definition) is 3. The van der Waals surface area contributed by atoms with Crippen molar-refractivity contribution in [2.75, 3.05) is 7.11 Å². The second-order valence-corrected chi connectivity index (χ2v) is 8.21. The molecule has 0 spiro atoms. The fourth-order valence-corrected chi connectivity index (χ4v) is 5.01. The molecule has 1 fully saturated rings. The van der Waals surface area contributed by atoms with Crippen molar-refractivity contribution in [1.29, 1.82) is 0 Å². The van der Waals surface area contributed by atoms with Crippen LogP contribution >= 0.6 is 0 Å². The molecule has 0 saturated heterocycles. The topological polar surface area (TPSA) is 43.4 Å². The zero-order chi connectivity index (χ0) is 18.6. The number of methoxy groups -OCH3 is 1. The fraction of sp³-hybridized carbons (Fsp3) is 0.727. The summed E-state index contributed by atoms with van der Waals surface area (Å²) in [6.07, 6.45) is 10.7. The Labute approximate surface area is 152 Å². The van der Waals surface area contributed by atoms with Crippen LogP contribution in [0.5, 0.6) is 0 Å². The second-order valence-electron chi connectivity index (χ2n) is 8.21. The molecule has 0 radical (unpaired) electrons. The lowest BCUT2D eigenvalue weighted by Crippen LogP contribution is -2.48. The summed E-state index contributed by atoms with van der Waals surface area (Å²) in [6, 6.07) is 0. The van der Waals surface area contributed by atoms with Crippen molar-refractivity contribution in [1.82, 2.24) is 0 Å². The Morgan fingerprint density at radius 1 is 1.28 bits per heavy atom. The van der Waals surface area contributed by atoms with Crippen LogP contribution in [0.4, 0.5) is 0 Å². The molecule has 3 nitrogen and oxygen atoms in total. The van der Waals surface area contributed by atoms with E-state index in [-0.39, 0.29) is 23.6 Å². The molecule has 0 bridgehead atoms. The summed E-state index contributed by atoms with van der Waals surface area (Å²) in [5.74, 6) is 0.686. The van der Waals surface area contributed by atoms with Gasteiger partial charge in [-0.2, -0.15) is 0 Å². The van der Waals surface area contributed by atoms with E-state index in [0.717, 1.165) is 19.3 Å². The first-order chi connectivity index (χ1) is 11.8. The van der Waals surface area contributed by atoms with Crippen molar-refractivity contribution < 1.29 is 14.3 Å². The number of carbonyl (C=O) groups is 2. The summed E-state index contributed by atoms with van der Waals surface area (Å²) in [5, 5.41) is 0. The van der Waals surface area contributed by atoms with Gasteiger partial charge in [0, 0.05) is 11.8 Å². The number of rotatable bonds is 6. The highest BCUT2D eigenvalue weighted by Gasteiger charge is 2.51. The predicted molar refractivity (Wildman–Crippen MR) is 101 cm³/mol. The third-order valence-corrected chi connectivity index (χ3v) is 6.94. The highest BCUT2D eigenvalue weighted by molar-refractivity contribution is 5.95. The first kappa shape index (κ1) is 19.9. The van der Waals surface area contributed by atoms with Crippen molar-refractivity contribution >= 4 is 11.8 Å². The van der Waals surface area contributed by atoms with Crippen molar-refractivity contribution in [3.8, 4) is 0 Å². The number of ether oxygens (including phenoxy) is 1. The van der Waals surface area contributed by atoms with E-state index >= 15 is 0 Å². The zero-order valence-corrected chi connectivity index (χ0v) is 16.6. The number of ketones is 1. The Bertz CT molecular complexity index is 572. The molecule has 2 aliphatic rings. The molecule has 2 aliphatic carbocycles. The van der Waals surface area contributed by atoms with Crippen LogP contribution in [0.25, 0.3) is 0 Å². The van der Waals surface area contributed by atoms with E-state index in [4.69, 9.17) is 4.74 Å². The largest absolute Gasteiger partial charge is 0.469 e. The zero-order valence-electron chi connectivity index (χ0n) is 16.6. The molecule has 0 amide bonds. The van der Waals surface area contributed by atoms with Gasteiger partial charge in [0.05, 0.1) is 7.11 Å². The number of hydrogen-bond donors (Lipinski definition) is 0. The molecule has 0 heterocycles. The summed E-state index contributed by atoms with van der Waals surface area (Å²) in [6.45, 7) is 8.37. The van der Waals surface area contributed by atoms with Crippen molar-refractivity contribution in [2.45, 2.75) is 72.6 Å². The molecule has 1 saturated carbocycles. The average molecular weight is 347 g/mol. The first-order valence-electron chi connectivity index (χ1n) is 9.76. The first-order valence-corrected chi connectivity index (χ1v) is 9.76. The maximum absolute atomic E-state index is 13.0. The quantitative estimate of drug-likeness (QED) is 0.374. The van der Waals surface area contributed by atoms with Crippen LogP contribution < -0.4 is 0 Å². The van der Waals surface area contributed by atoms with E-state index in [1.165, 1.54) is 31.9 Å². The smallest absolute Gasteiger partial charge is 0.305 e. The van der Waals surface area contributed by atoms with Crippen LogP contribution in [0.2, 0.25) is 0 Å². The lowest BCUT2D eigenvalue weighted by Gasteiger charge is -2.49. The molecule has 0 aromatic rings. The molecule has 25 heavy (non-hydrogen) atoms. The molecule has 140 valence electrons. The molecule has 2 rings (SSSR count). The lowest BCUT2D eigenvalue weighted by molar-refractivity contribution is -0.148. The molecule has 3 heteroatoms. The van der Waals surface area contributed by atoms with Crippen LogP contribution in [0, 0.1) is 23.2 Å². The standard InChI is InChI=1S/C22H34O3/c1-6-8-20(23)22(4)16(3)11-12-18(19(22)14-21(24)25-5)13-17-10-7-9-15(17)2/h6,8,16,18-19H,7,9-14H2,1-5H3/b8-6-. The van der Waals surface area contributed by atoms with E-state index in [1.54, 1.807) is 11.6 Å². The third-order valence-electron chi connectivity index (χ3n) is 6.94. The Balaban J connectivity index is 2.35. The lowest BCUT2D eigenvalue weighted by atomic mass is 9.54. The average Bonchev–Trinajstić information content (AvgIpc) is 2.99. The Kier molecular flexibility index (Phi) is 6.65. The number of esters is 1. The van der Waals surface area contributed by atoms with Gasteiger partial charge in [0.25, 0.3) is 0 Å². The SMILES string of the molecule is C/C=C\C(=O)C1(C)C(C)CCC(CC2=C(C)CCC2)C1CC(=O)OC. The van der Waals surface area contributed by atoms with Gasteiger partial charge in [0.1, 0.15) is 0 Å². The molecule has 0 aromatic carbocycles. The van der Waals surface area contributed by atoms with Gasteiger partial charge in [0.2, 0.25) is 0 Å². The highest BCUT2D eigenvalue weighted by Crippen LogP contribution is 2.53. The predicted octanol–water partition coefficient (Wildman–Crippen LogP) is 5.25. The van der Waals surface area contributed by atoms with Gasteiger partial charge in [0.15, 0.2) is 5.78 Å². The minimum absolute atomic E-state index is 0.0494. The normalized spacial score (nSPS) is 33.1. The van der Waals surface area contributed by atoms with Gasteiger partial charge in [-0.15, -0.1) is 0 Å². The van der Waals surface area contributed by atoms with E-state index in [1.807, 2.05) is 13.0 Å². The fourth-order valence-electron chi connectivity index (χ4n) is 5.01. The maximum Gasteiger partial charge on any atom is 0.305 e. The van der Waals surface area contributed by atoms with Gasteiger partial charge in [-0.1, -0.05) is 31.1 Å². The van der Waals surface area contributed by atoms with E-state index in [9.17, 15) is 9.59 Å². The summed E-state index contributed by atoms with van der Waals surface area (Å²) < 4.78 is 4.98. The Hall–Kier alpha value is -1.38. The van der Waals surface area contributed by atoms with Gasteiger partial charge in [-0.05, 0) is 76.2 Å². The molecule has 0 aromatic heterocycles. The molecular formula is C22H34O3. The van der Waals surface area contributed by atoms with E-state index < -0.39 is 5.41 Å². The van der Waals surface area contributed by atoms with Gasteiger partial charge in [-0.25, -0.2) is 0 Å². The van der Waals surface area contributed by atoms with Crippen LogP contribution in [-0.2, 0) is 14.3 Å². The van der Waals surface area contributed by atoms with E-state index in [2.05, 4.69) is 20.8 Å². The van der Waals surface area contributed by atoms with Gasteiger partial charge >= 0.3 is 5.97 Å². The van der Waals surface area contributed by atoms with Gasteiger partial charge in [-0.3, -0.25) is 9.59 Å². The summed E-state index contributed by atoms with van der Waals surface area (Å²) in [5.41, 5.74) is 2.60. The van der Waals surface area contributed by atoms with Crippen molar-refractivity contribution in [3.63, 3.8) is 0 Å². The highest BCUT2D eigenvalue weighted by atomic mass is 16.5. The second kappa shape index (κ2) is 8.33. The molecule has 0 aliphatic heterocycles. The van der Waals surface area contributed by atoms with Crippen molar-refractivity contribution in [3.05, 3.63) is 23.3 Å². The third kappa shape index (κ3) is 4.07. The minimum Gasteiger partial charge on any atom is -0.469 e. The monoisotopic (exact) mass is 346 g/mol. The molecular weight excluding hydrogens is 312 g/mol. The number of allylic oxidation sites excluding steroid dienone is 4. The maximum atomic E-state index is 13.0. The van der Waals surface area contributed by atoms with Crippen LogP contribution in [-0.4, -0.2) is 18.9 Å². The van der Waals surface area contributed by atoms with Crippen molar-refractivity contribution in [2.24, 2.45) is 23.2 Å². The van der Waals surface area contributed by atoms with Gasteiger partial charge < -0.3 is 4.74 Å². The Morgan fingerprint density at radius 2 is 2.00 bits per heavy atom. The summed E-state index contributed by atoms with van der Waals surface area (Å²) >= 11 is 0. The van der Waals surface area contributed by atoms with E-state index in [0.29, 0.717) is 12.3 Å². The Morgan fingerprint density at radius 3 is 2.56 bits per heavy atom. The number of carbonyl (C=O) groups excluding carboxylic acids is 2. The molecule has 4 unspecified atom stereocenters. The summed E-state index contributed by atoms with van der Waals surface area (Å²) in [7, 11) is 1.44. The minimum atomic E-state index is -0.489. The summed E-state index contributed by atoms with van der Waals surface area (Å²) in [4.78, 5) is 25.1. The van der Waals surface area contributed by atoms with Crippen LogP contribution in [0.1, 0.15) is 72.6 Å². The van der Waals surface area contributed by atoms with Crippen LogP contribution in [0.15, 0.2) is 23.3 Å².